The van der Waals surface area contributed by atoms with E-state index in [1.54, 1.807) is 7.11 Å². The Kier molecular flexibility index (Phi) is 7.92. The summed E-state index contributed by atoms with van der Waals surface area (Å²) in [4.78, 5) is 0. The molecule has 25 heavy (non-hydrogen) atoms. The van der Waals surface area contributed by atoms with E-state index < -0.39 is 0 Å². The van der Waals surface area contributed by atoms with E-state index in [1.165, 1.54) is 0 Å². The van der Waals surface area contributed by atoms with Gasteiger partial charge in [0.25, 0.3) is 0 Å². The maximum absolute atomic E-state index is 5.94. The number of para-hydroxylation sites is 2. The highest BCUT2D eigenvalue weighted by atomic mass is 16.5. The Balaban J connectivity index is 1.82. The normalized spacial score (nSPS) is 11.6. The standard InChI is InChI=1S/C20H27NO4/c1-4-23-12-13-24-18-9-7-8-17(14-18)21-15-16(2)25-20-11-6-5-10-19(20)22-3/h5-11,14,16,21H,4,12-13,15H2,1-3H3. The summed E-state index contributed by atoms with van der Waals surface area (Å²) >= 11 is 0. The smallest absolute Gasteiger partial charge is 0.161 e. The molecule has 0 amide bonds. The van der Waals surface area contributed by atoms with E-state index in [-0.39, 0.29) is 6.10 Å². The molecule has 1 N–H and O–H groups in total. The number of benzene rings is 2. The van der Waals surface area contributed by atoms with Crippen LogP contribution in [0.4, 0.5) is 5.69 Å². The molecule has 0 spiro atoms. The fourth-order valence-corrected chi connectivity index (χ4v) is 2.29. The lowest BCUT2D eigenvalue weighted by Crippen LogP contribution is -2.22. The lowest BCUT2D eigenvalue weighted by Gasteiger charge is -2.18. The summed E-state index contributed by atoms with van der Waals surface area (Å²) in [6.07, 6.45) is -0.0150. The number of hydrogen-bond acceptors (Lipinski definition) is 5. The van der Waals surface area contributed by atoms with Gasteiger partial charge in [-0.2, -0.15) is 0 Å². The van der Waals surface area contributed by atoms with E-state index in [1.807, 2.05) is 62.4 Å². The van der Waals surface area contributed by atoms with Gasteiger partial charge in [-0.05, 0) is 38.1 Å². The minimum absolute atomic E-state index is 0.0150. The van der Waals surface area contributed by atoms with E-state index in [0.717, 1.165) is 22.9 Å². The quantitative estimate of drug-likeness (QED) is 0.624. The fourth-order valence-electron chi connectivity index (χ4n) is 2.29. The maximum Gasteiger partial charge on any atom is 0.161 e. The maximum atomic E-state index is 5.94. The lowest BCUT2D eigenvalue weighted by molar-refractivity contribution is 0.110. The van der Waals surface area contributed by atoms with Gasteiger partial charge in [-0.25, -0.2) is 0 Å². The Morgan fingerprint density at radius 3 is 2.56 bits per heavy atom. The third-order valence-electron chi connectivity index (χ3n) is 3.53. The van der Waals surface area contributed by atoms with Crippen molar-refractivity contribution in [3.05, 3.63) is 48.5 Å². The monoisotopic (exact) mass is 345 g/mol. The van der Waals surface area contributed by atoms with Crippen LogP contribution in [0.15, 0.2) is 48.5 Å². The van der Waals surface area contributed by atoms with Gasteiger partial charge < -0.3 is 24.3 Å². The van der Waals surface area contributed by atoms with Crippen molar-refractivity contribution in [1.82, 2.24) is 0 Å². The molecule has 136 valence electrons. The van der Waals surface area contributed by atoms with Gasteiger partial charge in [0.2, 0.25) is 0 Å². The molecule has 0 bridgehead atoms. The van der Waals surface area contributed by atoms with Crippen LogP contribution in [0.2, 0.25) is 0 Å². The molecule has 0 fully saturated rings. The van der Waals surface area contributed by atoms with Crippen molar-refractivity contribution in [1.29, 1.82) is 0 Å². The molecule has 1 atom stereocenters. The van der Waals surface area contributed by atoms with Crippen LogP contribution in [-0.4, -0.2) is 39.6 Å². The van der Waals surface area contributed by atoms with Crippen molar-refractivity contribution in [2.45, 2.75) is 20.0 Å². The second-order valence-electron chi connectivity index (χ2n) is 5.53. The highest BCUT2D eigenvalue weighted by Gasteiger charge is 2.08. The van der Waals surface area contributed by atoms with Gasteiger partial charge >= 0.3 is 0 Å². The van der Waals surface area contributed by atoms with Crippen molar-refractivity contribution in [3.63, 3.8) is 0 Å². The zero-order valence-corrected chi connectivity index (χ0v) is 15.2. The molecule has 0 saturated heterocycles. The van der Waals surface area contributed by atoms with Crippen LogP contribution in [0.1, 0.15) is 13.8 Å². The lowest BCUT2D eigenvalue weighted by atomic mass is 10.3. The Hall–Kier alpha value is -2.40. The predicted molar refractivity (Wildman–Crippen MR) is 100 cm³/mol. The Morgan fingerprint density at radius 1 is 1.00 bits per heavy atom. The van der Waals surface area contributed by atoms with Gasteiger partial charge in [0.1, 0.15) is 18.5 Å². The van der Waals surface area contributed by atoms with Gasteiger partial charge in [-0.15, -0.1) is 0 Å². The summed E-state index contributed by atoms with van der Waals surface area (Å²) in [5, 5.41) is 3.37. The first-order chi connectivity index (χ1) is 12.2. The first kappa shape index (κ1) is 18.9. The number of nitrogens with one attached hydrogen (secondary N) is 1. The fraction of sp³-hybridized carbons (Fsp3) is 0.400. The Labute approximate surface area is 149 Å². The van der Waals surface area contributed by atoms with Crippen molar-refractivity contribution < 1.29 is 18.9 Å². The first-order valence-corrected chi connectivity index (χ1v) is 8.57. The van der Waals surface area contributed by atoms with Gasteiger partial charge in [0.05, 0.1) is 20.3 Å². The number of anilines is 1. The number of methoxy groups -OCH3 is 1. The van der Waals surface area contributed by atoms with Crippen LogP contribution in [0.25, 0.3) is 0 Å². The zero-order chi connectivity index (χ0) is 17.9. The Morgan fingerprint density at radius 2 is 1.80 bits per heavy atom. The summed E-state index contributed by atoms with van der Waals surface area (Å²) < 4.78 is 22.2. The van der Waals surface area contributed by atoms with E-state index in [9.17, 15) is 0 Å². The molecule has 0 aliphatic carbocycles. The summed E-state index contributed by atoms with van der Waals surface area (Å²) in [6, 6.07) is 15.5. The molecule has 5 heteroatoms. The number of ether oxygens (including phenoxy) is 4. The van der Waals surface area contributed by atoms with E-state index >= 15 is 0 Å². The number of rotatable bonds is 11. The zero-order valence-electron chi connectivity index (χ0n) is 15.2. The van der Waals surface area contributed by atoms with Crippen molar-refractivity contribution in [2.75, 3.05) is 38.8 Å². The van der Waals surface area contributed by atoms with Crippen LogP contribution in [0.3, 0.4) is 0 Å². The van der Waals surface area contributed by atoms with Crippen molar-refractivity contribution in [3.8, 4) is 17.2 Å². The summed E-state index contributed by atoms with van der Waals surface area (Å²) in [7, 11) is 1.64. The molecule has 0 saturated carbocycles. The Bertz CT molecular complexity index is 633. The summed E-state index contributed by atoms with van der Waals surface area (Å²) in [6.45, 7) is 6.50. The van der Waals surface area contributed by atoms with E-state index in [2.05, 4.69) is 5.32 Å². The highest BCUT2D eigenvalue weighted by Crippen LogP contribution is 2.27. The molecule has 0 radical (unpaired) electrons. The molecule has 2 aromatic rings. The van der Waals surface area contributed by atoms with Gasteiger partial charge in [0.15, 0.2) is 11.5 Å². The highest BCUT2D eigenvalue weighted by molar-refractivity contribution is 5.48. The third kappa shape index (κ3) is 6.55. The van der Waals surface area contributed by atoms with E-state index in [0.29, 0.717) is 26.4 Å². The topological polar surface area (TPSA) is 49.0 Å². The second kappa shape index (κ2) is 10.5. The van der Waals surface area contributed by atoms with E-state index in [4.69, 9.17) is 18.9 Å². The van der Waals surface area contributed by atoms with Crippen LogP contribution in [-0.2, 0) is 4.74 Å². The van der Waals surface area contributed by atoms with Crippen molar-refractivity contribution >= 4 is 5.69 Å². The minimum atomic E-state index is -0.0150. The minimum Gasteiger partial charge on any atom is -0.493 e. The van der Waals surface area contributed by atoms with Crippen LogP contribution < -0.4 is 19.5 Å². The predicted octanol–water partition coefficient (Wildman–Crippen LogP) is 3.99. The molecule has 0 heterocycles. The average molecular weight is 345 g/mol. The number of hydrogen-bond donors (Lipinski definition) is 1. The molecule has 2 rings (SSSR count). The van der Waals surface area contributed by atoms with Gasteiger partial charge in [-0.1, -0.05) is 18.2 Å². The molecule has 0 aliphatic heterocycles. The van der Waals surface area contributed by atoms with Gasteiger partial charge in [-0.3, -0.25) is 0 Å². The third-order valence-corrected chi connectivity index (χ3v) is 3.53. The van der Waals surface area contributed by atoms with Gasteiger partial charge in [0, 0.05) is 18.4 Å². The van der Waals surface area contributed by atoms with Crippen LogP contribution in [0, 0.1) is 0 Å². The molecule has 1 unspecified atom stereocenters. The molecule has 2 aromatic carbocycles. The largest absolute Gasteiger partial charge is 0.493 e. The summed E-state index contributed by atoms with van der Waals surface area (Å²) in [5.41, 5.74) is 0.990. The van der Waals surface area contributed by atoms with Crippen LogP contribution in [0.5, 0.6) is 17.2 Å². The molecular formula is C20H27NO4. The van der Waals surface area contributed by atoms with Crippen molar-refractivity contribution in [2.24, 2.45) is 0 Å². The SMILES string of the molecule is CCOCCOc1cccc(NCC(C)Oc2ccccc2OC)c1. The second-order valence-corrected chi connectivity index (χ2v) is 5.53. The molecule has 5 nitrogen and oxygen atoms in total. The molecule has 0 aliphatic rings. The average Bonchev–Trinajstić information content (AvgIpc) is 2.64. The van der Waals surface area contributed by atoms with Crippen LogP contribution >= 0.6 is 0 Å². The molecular weight excluding hydrogens is 318 g/mol. The first-order valence-electron chi connectivity index (χ1n) is 8.57. The molecule has 0 aromatic heterocycles. The summed E-state index contributed by atoms with van der Waals surface area (Å²) in [5.74, 6) is 2.30.